The fraction of sp³-hybridized carbons (Fsp3) is 0.529. The highest BCUT2D eigenvalue weighted by Gasteiger charge is 2.35. The Kier molecular flexibility index (Phi) is 12.1. The molecule has 0 aliphatic carbocycles. The first-order valence-electron chi connectivity index (χ1n) is 16.9. The zero-order valence-corrected chi connectivity index (χ0v) is 29.5. The van der Waals surface area contributed by atoms with E-state index in [1.807, 2.05) is 18.0 Å². The Morgan fingerprint density at radius 3 is 2.62 bits per heavy atom. The third kappa shape index (κ3) is 8.66. The normalized spacial score (nSPS) is 21.5. The predicted octanol–water partition coefficient (Wildman–Crippen LogP) is 1.91. The van der Waals surface area contributed by atoms with Gasteiger partial charge in [0.15, 0.2) is 11.8 Å². The summed E-state index contributed by atoms with van der Waals surface area (Å²) in [7, 11) is 5.03. The lowest BCUT2D eigenvalue weighted by Gasteiger charge is -2.42. The van der Waals surface area contributed by atoms with Crippen molar-refractivity contribution < 1.29 is 43.6 Å². The molecule has 5 atom stereocenters. The van der Waals surface area contributed by atoms with Crippen molar-refractivity contribution in [1.82, 2.24) is 34.2 Å². The van der Waals surface area contributed by atoms with Crippen LogP contribution in [-0.2, 0) is 25.7 Å². The van der Waals surface area contributed by atoms with Crippen LogP contribution in [-0.4, -0.2) is 140 Å². The first kappa shape index (κ1) is 37.7. The van der Waals surface area contributed by atoms with Crippen LogP contribution in [0.25, 0.3) is 11.0 Å². The van der Waals surface area contributed by atoms with Gasteiger partial charge >= 0.3 is 18.1 Å². The van der Waals surface area contributed by atoms with Crippen molar-refractivity contribution >= 4 is 40.9 Å². The number of aliphatic hydroxyl groups excluding tert-OH is 1. The van der Waals surface area contributed by atoms with E-state index in [4.69, 9.17) is 19.5 Å². The van der Waals surface area contributed by atoms with Crippen molar-refractivity contribution in [3.05, 3.63) is 42.6 Å². The molecule has 18 heteroatoms. The number of ether oxygens (including phenoxy) is 3. The molecule has 0 aromatic carbocycles. The number of fused-ring (bicyclic) bond motifs is 1. The molecule has 2 saturated heterocycles. The number of aliphatic carboxylic acids is 1. The highest BCUT2D eigenvalue weighted by molar-refractivity contribution is 5.95. The lowest BCUT2D eigenvalue weighted by atomic mass is 9.92. The molecule has 18 nitrogen and oxygen atoms in total. The van der Waals surface area contributed by atoms with Gasteiger partial charge in [-0.15, -0.1) is 0 Å². The standard InChI is InChI=1S/C34H43N9O9/c1-21-8-12-42(28(45)7-10-35)18-25(21)41(4)30-23-9-13-43(31(23)38-20-37-30)33(48)39(2)14-15-40(3)34(49)50-19-24-26(6-5-11-36-24)51-29-17-22(44)16-27(52-29)32(46)47/h5-6,9,11,13,20-22,25,27,29,44H,7-8,12,14-19H2,1-4H3,(H,46,47)/t21-,22+,25+,27+,29-/m1/s1. The van der Waals surface area contributed by atoms with Gasteiger partial charge in [0.05, 0.1) is 23.6 Å². The molecule has 3 amide bonds. The molecule has 2 fully saturated rings. The van der Waals surface area contributed by atoms with Crippen molar-refractivity contribution in [2.45, 2.75) is 63.8 Å². The summed E-state index contributed by atoms with van der Waals surface area (Å²) >= 11 is 0. The number of carbonyl (C=O) groups excluding carboxylic acids is 3. The maximum atomic E-state index is 13.5. The van der Waals surface area contributed by atoms with Crippen molar-refractivity contribution in [1.29, 1.82) is 5.26 Å². The Morgan fingerprint density at radius 1 is 1.10 bits per heavy atom. The quantitative estimate of drug-likeness (QED) is 0.289. The molecule has 2 N–H and O–H groups in total. The number of anilines is 1. The molecule has 3 aromatic heterocycles. The summed E-state index contributed by atoms with van der Waals surface area (Å²) in [5.41, 5.74) is 0.670. The molecule has 2 aliphatic rings. The molecular formula is C34H43N9O9. The summed E-state index contributed by atoms with van der Waals surface area (Å²) in [4.78, 5) is 69.8. The fourth-order valence-corrected chi connectivity index (χ4v) is 6.28. The first-order chi connectivity index (χ1) is 24.9. The van der Waals surface area contributed by atoms with Gasteiger partial charge in [0.25, 0.3) is 0 Å². The first-order valence-corrected chi connectivity index (χ1v) is 16.9. The number of nitriles is 1. The summed E-state index contributed by atoms with van der Waals surface area (Å²) in [5.74, 6) is -0.328. The number of aromatic nitrogens is 4. The second kappa shape index (κ2) is 16.7. The smallest absolute Gasteiger partial charge is 0.409 e. The monoisotopic (exact) mass is 721 g/mol. The number of carbonyl (C=O) groups is 4. The second-order valence-corrected chi connectivity index (χ2v) is 13.0. The molecule has 5 rings (SSSR count). The molecule has 3 aromatic rings. The number of amides is 3. The van der Waals surface area contributed by atoms with E-state index >= 15 is 0 Å². The van der Waals surface area contributed by atoms with E-state index in [1.54, 1.807) is 36.3 Å². The highest BCUT2D eigenvalue weighted by atomic mass is 16.7. The lowest BCUT2D eigenvalue weighted by Crippen LogP contribution is -2.52. The number of rotatable bonds is 11. The fourth-order valence-electron chi connectivity index (χ4n) is 6.28. The average molecular weight is 722 g/mol. The van der Waals surface area contributed by atoms with Crippen molar-refractivity contribution in [3.63, 3.8) is 0 Å². The van der Waals surface area contributed by atoms with Crippen molar-refractivity contribution in [2.75, 3.05) is 52.2 Å². The van der Waals surface area contributed by atoms with Crippen LogP contribution in [0, 0.1) is 17.2 Å². The molecule has 2 aliphatic heterocycles. The Labute approximate surface area is 300 Å². The van der Waals surface area contributed by atoms with Gasteiger partial charge in [0.1, 0.15) is 36.6 Å². The number of piperidine rings is 1. The molecular weight excluding hydrogens is 678 g/mol. The number of hydrogen-bond acceptors (Lipinski definition) is 13. The van der Waals surface area contributed by atoms with Crippen LogP contribution in [0.1, 0.15) is 38.3 Å². The minimum atomic E-state index is -1.22. The number of pyridine rings is 1. The zero-order chi connectivity index (χ0) is 37.5. The van der Waals surface area contributed by atoms with Crippen molar-refractivity contribution in [2.24, 2.45) is 5.92 Å². The molecule has 0 radical (unpaired) electrons. The van der Waals surface area contributed by atoms with Crippen LogP contribution >= 0.6 is 0 Å². The Morgan fingerprint density at radius 2 is 1.87 bits per heavy atom. The molecule has 0 unspecified atom stereocenters. The summed E-state index contributed by atoms with van der Waals surface area (Å²) in [6, 6.07) is 6.43. The van der Waals surface area contributed by atoms with Crippen LogP contribution in [0.4, 0.5) is 15.4 Å². The van der Waals surface area contributed by atoms with E-state index in [9.17, 15) is 29.4 Å². The number of hydrogen-bond donors (Lipinski definition) is 2. The Balaban J connectivity index is 1.16. The Bertz CT molecular complexity index is 1810. The van der Waals surface area contributed by atoms with Crippen LogP contribution in [0.2, 0.25) is 0 Å². The zero-order valence-electron chi connectivity index (χ0n) is 29.5. The van der Waals surface area contributed by atoms with E-state index in [0.717, 1.165) is 6.42 Å². The largest absolute Gasteiger partial charge is 0.479 e. The van der Waals surface area contributed by atoms with Gasteiger partial charge < -0.3 is 44.0 Å². The number of likely N-dealkylation sites (tertiary alicyclic amines) is 1. The topological polar surface area (TPSA) is 217 Å². The minimum absolute atomic E-state index is 0.0509. The number of carboxylic acids is 1. The average Bonchev–Trinajstić information content (AvgIpc) is 3.57. The predicted molar refractivity (Wildman–Crippen MR) is 183 cm³/mol. The molecule has 0 bridgehead atoms. The van der Waals surface area contributed by atoms with Gasteiger partial charge in [-0.05, 0) is 30.5 Å². The van der Waals surface area contributed by atoms with Crippen molar-refractivity contribution in [3.8, 4) is 11.8 Å². The third-order valence-corrected chi connectivity index (χ3v) is 9.39. The summed E-state index contributed by atoms with van der Waals surface area (Å²) in [5, 5.41) is 29.0. The number of aliphatic hydroxyl groups is 1. The molecule has 278 valence electrons. The SMILES string of the molecule is C[C@@H]1CCN(C(=O)CC#N)C[C@@H]1N(C)c1ncnc2c1ccn2C(=O)N(C)CCN(C)C(=O)OCc1ncccc1O[C@H]1C[C@@H](O)C[C@@H](C(=O)O)O1. The number of carboxylic acid groups (broad SMARTS) is 1. The number of likely N-dealkylation sites (N-methyl/N-ethyl adjacent to an activating group) is 3. The van der Waals surface area contributed by atoms with E-state index in [-0.39, 0.29) is 74.3 Å². The van der Waals surface area contributed by atoms with Gasteiger partial charge in [-0.1, -0.05) is 6.92 Å². The van der Waals surface area contributed by atoms with E-state index < -0.39 is 30.6 Å². The van der Waals surface area contributed by atoms with Gasteiger partial charge in [-0.3, -0.25) is 14.3 Å². The summed E-state index contributed by atoms with van der Waals surface area (Å²) in [6.07, 6.45) is 1.28. The van der Waals surface area contributed by atoms with E-state index in [1.165, 1.54) is 33.9 Å². The van der Waals surface area contributed by atoms with Crippen LogP contribution in [0.5, 0.6) is 5.75 Å². The summed E-state index contributed by atoms with van der Waals surface area (Å²) in [6.45, 7) is 3.21. The number of nitrogens with zero attached hydrogens (tertiary/aromatic N) is 9. The van der Waals surface area contributed by atoms with Gasteiger partial charge in [-0.2, -0.15) is 5.26 Å². The molecule has 5 heterocycles. The van der Waals surface area contributed by atoms with Gasteiger partial charge in [0.2, 0.25) is 12.2 Å². The third-order valence-electron chi connectivity index (χ3n) is 9.39. The molecule has 0 saturated carbocycles. The maximum Gasteiger partial charge on any atom is 0.409 e. The summed E-state index contributed by atoms with van der Waals surface area (Å²) < 4.78 is 18.1. The van der Waals surface area contributed by atoms with E-state index in [2.05, 4.69) is 21.9 Å². The van der Waals surface area contributed by atoms with Gasteiger partial charge in [0, 0.05) is 72.6 Å². The van der Waals surface area contributed by atoms with Gasteiger partial charge in [-0.25, -0.2) is 24.4 Å². The van der Waals surface area contributed by atoms with Crippen LogP contribution < -0.4 is 9.64 Å². The second-order valence-electron chi connectivity index (χ2n) is 13.0. The molecule has 52 heavy (non-hydrogen) atoms. The molecule has 0 spiro atoms. The minimum Gasteiger partial charge on any atom is -0.479 e. The Hall–Kier alpha value is -5.54. The lowest BCUT2D eigenvalue weighted by molar-refractivity contribution is -0.195. The van der Waals surface area contributed by atoms with Crippen LogP contribution in [0.3, 0.4) is 0 Å². The van der Waals surface area contributed by atoms with E-state index in [0.29, 0.717) is 29.9 Å². The maximum absolute atomic E-state index is 13.5. The van der Waals surface area contributed by atoms with Crippen LogP contribution in [0.15, 0.2) is 36.9 Å². The highest BCUT2D eigenvalue weighted by Crippen LogP contribution is 2.30.